The first-order chi connectivity index (χ1) is 6.32. The third kappa shape index (κ3) is 2.20. The molecule has 0 aliphatic carbocycles. The molecule has 2 nitrogen and oxygen atoms in total. The highest BCUT2D eigenvalue weighted by Crippen LogP contribution is 2.29. The zero-order valence-electron chi connectivity index (χ0n) is 6.40. The van der Waals surface area contributed by atoms with Gasteiger partial charge in [-0.2, -0.15) is 13.2 Å². The van der Waals surface area contributed by atoms with Gasteiger partial charge in [-0.3, -0.25) is 4.79 Å². The van der Waals surface area contributed by atoms with Crippen LogP contribution in [0.2, 0.25) is 0 Å². The summed E-state index contributed by atoms with van der Waals surface area (Å²) in [5.41, 5.74) is -2.09. The first-order valence-electron chi connectivity index (χ1n) is 3.25. The van der Waals surface area contributed by atoms with Crippen molar-refractivity contribution in [1.29, 1.82) is 0 Å². The summed E-state index contributed by atoms with van der Waals surface area (Å²) in [7, 11) is 0. The lowest BCUT2D eigenvalue weighted by molar-refractivity contribution is -0.138. The van der Waals surface area contributed by atoms with Crippen molar-refractivity contribution in [2.45, 2.75) is 6.18 Å². The van der Waals surface area contributed by atoms with Crippen molar-refractivity contribution >= 4 is 16.8 Å². The van der Waals surface area contributed by atoms with Crippen LogP contribution in [-0.4, -0.2) is 10.2 Å². The van der Waals surface area contributed by atoms with Crippen LogP contribution in [0.25, 0.3) is 0 Å². The lowest BCUT2D eigenvalue weighted by atomic mass is 10.2. The van der Waals surface area contributed by atoms with E-state index in [1.165, 1.54) is 0 Å². The molecule has 76 valence electrons. The molecule has 1 aromatic heterocycles. The van der Waals surface area contributed by atoms with E-state index in [-0.39, 0.29) is 6.07 Å². The molecule has 0 spiro atoms. The van der Waals surface area contributed by atoms with Gasteiger partial charge in [-0.05, 0) is 17.7 Å². The maximum atomic E-state index is 12.8. The molecule has 7 heteroatoms. The zero-order valence-corrected chi connectivity index (χ0v) is 7.16. The predicted molar refractivity (Wildman–Crippen MR) is 39.4 cm³/mol. The third-order valence-electron chi connectivity index (χ3n) is 1.35. The highest BCUT2D eigenvalue weighted by molar-refractivity contribution is 6.67. The van der Waals surface area contributed by atoms with E-state index in [0.717, 1.165) is 0 Å². The average molecular weight is 228 g/mol. The Hall–Kier alpha value is -1.17. The Morgan fingerprint density at radius 1 is 1.43 bits per heavy atom. The summed E-state index contributed by atoms with van der Waals surface area (Å²) in [6.45, 7) is 0. The van der Waals surface area contributed by atoms with Gasteiger partial charge in [0.05, 0.1) is 5.56 Å². The number of rotatable bonds is 1. The molecule has 0 fully saturated rings. The number of carbonyl (C=O) groups is 1. The quantitative estimate of drug-likeness (QED) is 0.545. The minimum atomic E-state index is -4.69. The van der Waals surface area contributed by atoms with Gasteiger partial charge in [0.2, 0.25) is 0 Å². The Morgan fingerprint density at radius 3 is 2.36 bits per heavy atom. The molecule has 0 unspecified atom stereocenters. The van der Waals surface area contributed by atoms with Crippen molar-refractivity contribution in [1.82, 2.24) is 4.98 Å². The fourth-order valence-corrected chi connectivity index (χ4v) is 0.877. The molecule has 0 aliphatic heterocycles. The fraction of sp³-hybridized carbons (Fsp3) is 0.143. The Morgan fingerprint density at radius 2 is 2.00 bits per heavy atom. The van der Waals surface area contributed by atoms with E-state index >= 15 is 0 Å². The Kier molecular flexibility index (Phi) is 2.75. The second kappa shape index (κ2) is 3.53. The van der Waals surface area contributed by atoms with Crippen molar-refractivity contribution in [2.24, 2.45) is 0 Å². The number of aromatic nitrogens is 1. The molecular formula is C7H2ClF4NO. The summed E-state index contributed by atoms with van der Waals surface area (Å²) in [6.07, 6.45) is -4.35. The second-order valence-corrected chi connectivity index (χ2v) is 2.67. The molecule has 1 rings (SSSR count). The molecule has 0 amide bonds. The summed E-state index contributed by atoms with van der Waals surface area (Å²) in [6, 6.07) is 0.169. The Balaban J connectivity index is 3.20. The molecule has 0 atom stereocenters. The van der Waals surface area contributed by atoms with Crippen LogP contribution in [0, 0.1) is 5.82 Å². The van der Waals surface area contributed by atoms with Gasteiger partial charge >= 0.3 is 6.18 Å². The minimum absolute atomic E-state index is 0.169. The molecule has 0 saturated carbocycles. The Labute approximate surface area is 80.5 Å². The number of halogens is 5. The van der Waals surface area contributed by atoms with Crippen LogP contribution >= 0.6 is 11.6 Å². The van der Waals surface area contributed by atoms with Gasteiger partial charge in [0, 0.05) is 6.20 Å². The van der Waals surface area contributed by atoms with E-state index in [0.29, 0.717) is 6.20 Å². The highest BCUT2D eigenvalue weighted by Gasteiger charge is 2.32. The normalized spacial score (nSPS) is 11.5. The van der Waals surface area contributed by atoms with Crippen molar-refractivity contribution < 1.29 is 22.4 Å². The van der Waals surface area contributed by atoms with Crippen molar-refractivity contribution in [3.63, 3.8) is 0 Å². The van der Waals surface area contributed by atoms with Crippen LogP contribution in [0.1, 0.15) is 16.1 Å². The lowest BCUT2D eigenvalue weighted by Crippen LogP contribution is -2.09. The summed E-state index contributed by atoms with van der Waals surface area (Å²) < 4.78 is 48.7. The average Bonchev–Trinajstić information content (AvgIpc) is 2.01. The van der Waals surface area contributed by atoms with E-state index in [1.807, 2.05) is 0 Å². The Bertz CT molecular complexity index is 376. The summed E-state index contributed by atoms with van der Waals surface area (Å²) in [5, 5.41) is -1.24. The number of pyridine rings is 1. The summed E-state index contributed by atoms with van der Waals surface area (Å²) in [5.74, 6) is -1.39. The molecule has 0 N–H and O–H groups in total. The van der Waals surface area contributed by atoms with Crippen LogP contribution in [0.5, 0.6) is 0 Å². The standard InChI is InChI=1S/C7H2ClF4NO/c8-6(14)5-4(9)1-3(2-13-5)7(10,11)12/h1-2H. The minimum Gasteiger partial charge on any atom is -0.274 e. The SMILES string of the molecule is O=C(Cl)c1ncc(C(F)(F)F)cc1F. The largest absolute Gasteiger partial charge is 0.417 e. The van der Waals surface area contributed by atoms with Crippen LogP contribution in [-0.2, 0) is 6.18 Å². The van der Waals surface area contributed by atoms with Gasteiger partial charge in [0.15, 0.2) is 11.5 Å². The van der Waals surface area contributed by atoms with Gasteiger partial charge in [-0.15, -0.1) is 0 Å². The van der Waals surface area contributed by atoms with Crippen LogP contribution in [0.3, 0.4) is 0 Å². The number of carbonyl (C=O) groups excluding carboxylic acids is 1. The number of nitrogens with zero attached hydrogens (tertiary/aromatic N) is 1. The van der Waals surface area contributed by atoms with E-state index in [9.17, 15) is 22.4 Å². The third-order valence-corrected chi connectivity index (χ3v) is 1.53. The molecule has 1 heterocycles. The molecule has 0 aromatic carbocycles. The van der Waals surface area contributed by atoms with Crippen molar-refractivity contribution in [3.05, 3.63) is 29.3 Å². The fourth-order valence-electron chi connectivity index (χ4n) is 0.738. The van der Waals surface area contributed by atoms with E-state index in [4.69, 9.17) is 11.6 Å². The van der Waals surface area contributed by atoms with Gasteiger partial charge in [0.25, 0.3) is 5.24 Å². The smallest absolute Gasteiger partial charge is 0.274 e. The monoisotopic (exact) mass is 227 g/mol. The topological polar surface area (TPSA) is 30.0 Å². The van der Waals surface area contributed by atoms with Gasteiger partial charge in [-0.25, -0.2) is 9.37 Å². The number of hydrogen-bond acceptors (Lipinski definition) is 2. The van der Waals surface area contributed by atoms with Crippen molar-refractivity contribution in [2.75, 3.05) is 0 Å². The second-order valence-electron chi connectivity index (χ2n) is 2.33. The van der Waals surface area contributed by atoms with Crippen LogP contribution < -0.4 is 0 Å². The van der Waals surface area contributed by atoms with Crippen LogP contribution in [0.15, 0.2) is 12.3 Å². The highest BCUT2D eigenvalue weighted by atomic mass is 35.5. The maximum absolute atomic E-state index is 12.8. The first-order valence-corrected chi connectivity index (χ1v) is 3.62. The van der Waals surface area contributed by atoms with Gasteiger partial charge in [0.1, 0.15) is 0 Å². The van der Waals surface area contributed by atoms with Gasteiger partial charge < -0.3 is 0 Å². The van der Waals surface area contributed by atoms with Crippen LogP contribution in [0.4, 0.5) is 17.6 Å². The first kappa shape index (κ1) is 10.9. The van der Waals surface area contributed by atoms with Gasteiger partial charge in [-0.1, -0.05) is 0 Å². The maximum Gasteiger partial charge on any atom is 0.417 e. The molecule has 0 saturated heterocycles. The predicted octanol–water partition coefficient (Wildman–Crippen LogP) is 2.62. The molecule has 0 bridgehead atoms. The molecule has 0 aliphatic rings. The van der Waals surface area contributed by atoms with Crippen molar-refractivity contribution in [3.8, 4) is 0 Å². The summed E-state index contributed by atoms with van der Waals surface area (Å²) >= 11 is 4.85. The lowest BCUT2D eigenvalue weighted by Gasteiger charge is -2.06. The molecule has 0 radical (unpaired) electrons. The zero-order chi connectivity index (χ0) is 10.9. The van der Waals surface area contributed by atoms with E-state index in [1.54, 1.807) is 0 Å². The molecule has 1 aromatic rings. The molecular weight excluding hydrogens is 226 g/mol. The number of alkyl halides is 3. The van der Waals surface area contributed by atoms with E-state index in [2.05, 4.69) is 4.98 Å². The summed E-state index contributed by atoms with van der Waals surface area (Å²) in [4.78, 5) is 13.4. The van der Waals surface area contributed by atoms with E-state index < -0.39 is 28.5 Å². The molecule has 14 heavy (non-hydrogen) atoms. The number of hydrogen-bond donors (Lipinski definition) is 0.